The van der Waals surface area contributed by atoms with Crippen LogP contribution in [0.3, 0.4) is 0 Å². The lowest BCUT2D eigenvalue weighted by Gasteiger charge is -2.37. The Labute approximate surface area is 170 Å². The van der Waals surface area contributed by atoms with Gasteiger partial charge in [0.2, 0.25) is 5.91 Å². The monoisotopic (exact) mass is 419 g/mol. The third kappa shape index (κ3) is 4.28. The Bertz CT molecular complexity index is 663. The van der Waals surface area contributed by atoms with Crippen molar-refractivity contribution >= 4 is 47.4 Å². The van der Waals surface area contributed by atoms with Crippen LogP contribution in [-0.2, 0) is 4.79 Å². The van der Waals surface area contributed by atoms with Crippen LogP contribution in [-0.4, -0.2) is 54.3 Å². The van der Waals surface area contributed by atoms with Crippen molar-refractivity contribution in [2.24, 2.45) is 17.6 Å². The van der Waals surface area contributed by atoms with Crippen molar-refractivity contribution in [3.05, 3.63) is 33.8 Å². The van der Waals surface area contributed by atoms with E-state index in [9.17, 15) is 9.59 Å². The smallest absolute Gasteiger partial charge is 0.255 e. The van der Waals surface area contributed by atoms with E-state index in [2.05, 4.69) is 0 Å². The number of nitrogens with two attached hydrogens (primary N) is 1. The minimum Gasteiger partial charge on any atom is -0.339 e. The minimum absolute atomic E-state index is 0. The summed E-state index contributed by atoms with van der Waals surface area (Å²) in [5.74, 6) is 0.410. The van der Waals surface area contributed by atoms with Gasteiger partial charge in [-0.3, -0.25) is 9.59 Å². The summed E-state index contributed by atoms with van der Waals surface area (Å²) in [5.41, 5.74) is 6.21. The van der Waals surface area contributed by atoms with Crippen molar-refractivity contribution in [2.75, 3.05) is 32.7 Å². The number of nitrogens with zero attached hydrogens (tertiary/aromatic N) is 2. The van der Waals surface area contributed by atoms with Gasteiger partial charge < -0.3 is 15.5 Å². The minimum atomic E-state index is -0.139. The van der Waals surface area contributed by atoms with E-state index in [0.29, 0.717) is 49.2 Å². The molecule has 26 heavy (non-hydrogen) atoms. The maximum absolute atomic E-state index is 12.7. The number of hydrogen-bond acceptors (Lipinski definition) is 3. The first-order valence-electron chi connectivity index (χ1n) is 8.75. The number of benzene rings is 1. The Morgan fingerprint density at radius 2 is 1.73 bits per heavy atom. The molecule has 1 aliphatic heterocycles. The summed E-state index contributed by atoms with van der Waals surface area (Å²) in [4.78, 5) is 29.0. The molecule has 144 valence electrons. The second kappa shape index (κ2) is 9.27. The average Bonchev–Trinajstić information content (AvgIpc) is 3.11. The number of rotatable bonds is 3. The molecule has 2 amide bonds. The van der Waals surface area contributed by atoms with Gasteiger partial charge in [-0.1, -0.05) is 35.7 Å². The second-order valence-electron chi connectivity index (χ2n) is 6.75. The molecule has 2 fully saturated rings. The Morgan fingerprint density at radius 3 is 2.38 bits per heavy atom. The maximum atomic E-state index is 12.7. The predicted molar refractivity (Wildman–Crippen MR) is 106 cm³/mol. The van der Waals surface area contributed by atoms with Gasteiger partial charge in [-0.15, -0.1) is 12.4 Å². The van der Waals surface area contributed by atoms with E-state index >= 15 is 0 Å². The lowest BCUT2D eigenvalue weighted by Crippen LogP contribution is -2.52. The van der Waals surface area contributed by atoms with Gasteiger partial charge in [0.25, 0.3) is 5.91 Å². The van der Waals surface area contributed by atoms with Crippen molar-refractivity contribution < 1.29 is 9.59 Å². The molecule has 3 rings (SSSR count). The van der Waals surface area contributed by atoms with Gasteiger partial charge in [0, 0.05) is 32.1 Å². The molecule has 2 aliphatic rings. The largest absolute Gasteiger partial charge is 0.339 e. The quantitative estimate of drug-likeness (QED) is 0.817. The molecule has 2 N–H and O–H groups in total. The Kier molecular flexibility index (Phi) is 7.59. The molecule has 5 nitrogen and oxygen atoms in total. The first-order chi connectivity index (χ1) is 12.0. The van der Waals surface area contributed by atoms with Crippen LogP contribution in [0.4, 0.5) is 0 Å². The fraction of sp³-hybridized carbons (Fsp3) is 0.556. The zero-order valence-corrected chi connectivity index (χ0v) is 16.8. The number of carbonyl (C=O) groups is 2. The zero-order valence-electron chi connectivity index (χ0n) is 14.5. The summed E-state index contributed by atoms with van der Waals surface area (Å²) in [7, 11) is 0. The van der Waals surface area contributed by atoms with Crippen LogP contribution in [0.2, 0.25) is 10.0 Å². The standard InChI is InChI=1S/C18H23Cl2N3O2.ClH/c19-15-6-2-5-14(16(15)20)18(25)23-9-7-22(8-10-23)17(24)13-4-1-3-12(13)11-21;/h2,5-6,12-13H,1,3-4,7-11,21H2;1H/t12-,13-;/m1./s1. The molecular weight excluding hydrogens is 397 g/mol. The molecule has 1 saturated carbocycles. The highest BCUT2D eigenvalue weighted by atomic mass is 35.5. The summed E-state index contributed by atoms with van der Waals surface area (Å²) in [6, 6.07) is 5.06. The molecule has 1 heterocycles. The topological polar surface area (TPSA) is 66.6 Å². The van der Waals surface area contributed by atoms with Crippen LogP contribution < -0.4 is 5.73 Å². The first-order valence-corrected chi connectivity index (χ1v) is 9.50. The Balaban J connectivity index is 0.00000243. The van der Waals surface area contributed by atoms with E-state index in [1.165, 1.54) is 0 Å². The fourth-order valence-corrected chi connectivity index (χ4v) is 4.23. The molecule has 1 saturated heterocycles. The van der Waals surface area contributed by atoms with Gasteiger partial charge in [-0.25, -0.2) is 0 Å². The predicted octanol–water partition coefficient (Wildman–Crippen LogP) is 3.07. The second-order valence-corrected chi connectivity index (χ2v) is 7.54. The Morgan fingerprint density at radius 1 is 1.08 bits per heavy atom. The van der Waals surface area contributed by atoms with Crippen LogP contribution in [0.1, 0.15) is 29.6 Å². The molecule has 0 radical (unpaired) electrons. The number of carbonyl (C=O) groups excluding carboxylic acids is 2. The third-order valence-corrected chi connectivity index (χ3v) is 6.16. The summed E-state index contributed by atoms with van der Waals surface area (Å²) < 4.78 is 0. The van der Waals surface area contributed by atoms with Gasteiger partial charge in [-0.05, 0) is 37.4 Å². The van der Waals surface area contributed by atoms with Crippen LogP contribution >= 0.6 is 35.6 Å². The number of amides is 2. The molecule has 1 aliphatic carbocycles. The van der Waals surface area contributed by atoms with Crippen LogP contribution in [0.15, 0.2) is 18.2 Å². The van der Waals surface area contributed by atoms with Gasteiger partial charge in [0.15, 0.2) is 0 Å². The fourth-order valence-electron chi connectivity index (χ4n) is 3.85. The summed E-state index contributed by atoms with van der Waals surface area (Å²) in [5, 5.41) is 0.653. The molecule has 2 atom stereocenters. The lowest BCUT2D eigenvalue weighted by molar-refractivity contribution is -0.138. The van der Waals surface area contributed by atoms with E-state index in [-0.39, 0.29) is 35.2 Å². The summed E-state index contributed by atoms with van der Waals surface area (Å²) in [6.45, 7) is 2.69. The van der Waals surface area contributed by atoms with Crippen LogP contribution in [0.25, 0.3) is 0 Å². The molecule has 1 aromatic carbocycles. The van der Waals surface area contributed by atoms with Crippen molar-refractivity contribution in [3.8, 4) is 0 Å². The highest BCUT2D eigenvalue weighted by Crippen LogP contribution is 2.33. The SMILES string of the molecule is Cl.NC[C@H]1CCC[C@H]1C(=O)N1CCN(C(=O)c2cccc(Cl)c2Cl)CC1. The normalized spacial score (nSPS) is 22.9. The zero-order chi connectivity index (χ0) is 18.0. The van der Waals surface area contributed by atoms with E-state index in [1.54, 1.807) is 23.1 Å². The van der Waals surface area contributed by atoms with E-state index in [0.717, 1.165) is 19.3 Å². The number of piperazine rings is 1. The van der Waals surface area contributed by atoms with Gasteiger partial charge in [-0.2, -0.15) is 0 Å². The molecule has 0 bridgehead atoms. The van der Waals surface area contributed by atoms with Crippen molar-refractivity contribution in [3.63, 3.8) is 0 Å². The molecule has 0 spiro atoms. The highest BCUT2D eigenvalue weighted by Gasteiger charge is 2.36. The highest BCUT2D eigenvalue weighted by molar-refractivity contribution is 6.43. The molecule has 0 unspecified atom stereocenters. The van der Waals surface area contributed by atoms with Crippen molar-refractivity contribution in [1.29, 1.82) is 0 Å². The first kappa shape index (κ1) is 21.3. The van der Waals surface area contributed by atoms with E-state index < -0.39 is 0 Å². The number of hydrogen-bond donors (Lipinski definition) is 1. The Hall–Kier alpha value is -1.01. The number of halogens is 3. The molecule has 1 aromatic rings. The maximum Gasteiger partial charge on any atom is 0.255 e. The molecule has 8 heteroatoms. The van der Waals surface area contributed by atoms with Crippen LogP contribution in [0.5, 0.6) is 0 Å². The van der Waals surface area contributed by atoms with E-state index in [1.807, 2.05) is 4.90 Å². The van der Waals surface area contributed by atoms with Crippen molar-refractivity contribution in [2.45, 2.75) is 19.3 Å². The van der Waals surface area contributed by atoms with Gasteiger partial charge in [0.1, 0.15) is 0 Å². The summed E-state index contributed by atoms with van der Waals surface area (Å²) >= 11 is 12.1. The lowest BCUT2D eigenvalue weighted by atomic mass is 9.94. The van der Waals surface area contributed by atoms with E-state index in [4.69, 9.17) is 28.9 Å². The van der Waals surface area contributed by atoms with Gasteiger partial charge in [0.05, 0.1) is 15.6 Å². The summed E-state index contributed by atoms with van der Waals surface area (Å²) in [6.07, 6.45) is 3.04. The molecular formula is C18H24Cl3N3O2. The molecule has 0 aromatic heterocycles. The van der Waals surface area contributed by atoms with Gasteiger partial charge >= 0.3 is 0 Å². The average molecular weight is 421 g/mol. The van der Waals surface area contributed by atoms with Crippen LogP contribution in [0, 0.1) is 11.8 Å². The third-order valence-electron chi connectivity index (χ3n) is 5.34. The van der Waals surface area contributed by atoms with Crippen molar-refractivity contribution in [1.82, 2.24) is 9.80 Å².